The number of tetrazole rings is 1. The maximum absolute atomic E-state index is 13.3. The van der Waals surface area contributed by atoms with Crippen molar-refractivity contribution in [1.82, 2.24) is 20.2 Å². The lowest BCUT2D eigenvalue weighted by Gasteiger charge is -2.28. The molecule has 3 aromatic rings. The molecule has 4 rings (SSSR count). The van der Waals surface area contributed by atoms with E-state index in [-0.39, 0.29) is 5.91 Å². The number of nitrogens with one attached hydrogen (secondary N) is 2. The fraction of sp³-hybridized carbons (Fsp3) is 0.158. The van der Waals surface area contributed by atoms with Gasteiger partial charge in [-0.15, -0.1) is 0 Å². The molecule has 9 heteroatoms. The number of rotatable bonds is 4. The molecule has 142 valence electrons. The Kier molecular flexibility index (Phi) is 4.70. The summed E-state index contributed by atoms with van der Waals surface area (Å²) >= 11 is 6.19. The van der Waals surface area contributed by atoms with Crippen molar-refractivity contribution in [3.8, 4) is 5.75 Å². The van der Waals surface area contributed by atoms with Crippen LogP contribution < -0.4 is 15.4 Å². The van der Waals surface area contributed by atoms with Gasteiger partial charge in [-0.3, -0.25) is 4.79 Å². The van der Waals surface area contributed by atoms with Crippen LogP contribution in [0.4, 0.5) is 11.6 Å². The molecule has 2 heterocycles. The Hall–Kier alpha value is -3.39. The Balaban J connectivity index is 1.77. The monoisotopic (exact) mass is 396 g/mol. The molecule has 28 heavy (non-hydrogen) atoms. The zero-order valence-corrected chi connectivity index (χ0v) is 15.9. The first-order valence-corrected chi connectivity index (χ1v) is 8.91. The van der Waals surface area contributed by atoms with E-state index in [0.29, 0.717) is 33.7 Å². The van der Waals surface area contributed by atoms with E-state index in [2.05, 4.69) is 26.2 Å². The largest absolute Gasteiger partial charge is 0.495 e. The molecule has 2 N–H and O–H groups in total. The lowest BCUT2D eigenvalue weighted by atomic mass is 9.95. The summed E-state index contributed by atoms with van der Waals surface area (Å²) in [5.41, 5.74) is 2.50. The van der Waals surface area contributed by atoms with E-state index in [9.17, 15) is 4.79 Å². The first kappa shape index (κ1) is 18.0. The topological polar surface area (TPSA) is 94.0 Å². The van der Waals surface area contributed by atoms with E-state index in [1.54, 1.807) is 36.1 Å². The predicted molar refractivity (Wildman–Crippen MR) is 105 cm³/mol. The third-order valence-corrected chi connectivity index (χ3v) is 4.71. The van der Waals surface area contributed by atoms with Crippen molar-refractivity contribution in [2.45, 2.75) is 13.0 Å². The van der Waals surface area contributed by atoms with Crippen LogP contribution in [0.2, 0.25) is 5.02 Å². The van der Waals surface area contributed by atoms with Gasteiger partial charge in [0.15, 0.2) is 0 Å². The summed E-state index contributed by atoms with van der Waals surface area (Å²) in [4.78, 5) is 13.3. The molecule has 0 bridgehead atoms. The number of halogens is 1. The number of carbonyl (C=O) groups is 1. The van der Waals surface area contributed by atoms with Crippen molar-refractivity contribution in [3.05, 3.63) is 70.4 Å². The quantitative estimate of drug-likeness (QED) is 0.703. The number of para-hydroxylation sites is 2. The molecule has 1 unspecified atom stereocenters. The summed E-state index contributed by atoms with van der Waals surface area (Å²) in [6.45, 7) is 1.81. The second-order valence-electron chi connectivity index (χ2n) is 6.22. The molecule has 0 radical (unpaired) electrons. The molecule has 0 saturated carbocycles. The minimum absolute atomic E-state index is 0.291. The molecule has 0 fully saturated rings. The number of benzene rings is 2. The van der Waals surface area contributed by atoms with Gasteiger partial charge in [-0.05, 0) is 47.2 Å². The van der Waals surface area contributed by atoms with Crippen molar-refractivity contribution in [1.29, 1.82) is 0 Å². The van der Waals surface area contributed by atoms with Gasteiger partial charge in [-0.1, -0.05) is 41.0 Å². The fourth-order valence-corrected chi connectivity index (χ4v) is 3.43. The third-order valence-electron chi connectivity index (χ3n) is 4.48. The molecule has 0 saturated heterocycles. The number of allylic oxidation sites excluding steroid dienone is 1. The summed E-state index contributed by atoms with van der Waals surface area (Å²) in [7, 11) is 1.56. The van der Waals surface area contributed by atoms with E-state index >= 15 is 0 Å². The van der Waals surface area contributed by atoms with Crippen LogP contribution in [0.1, 0.15) is 18.5 Å². The fourth-order valence-electron chi connectivity index (χ4n) is 3.23. The van der Waals surface area contributed by atoms with Crippen molar-refractivity contribution < 1.29 is 9.53 Å². The number of fused-ring (bicyclic) bond motifs is 1. The smallest absolute Gasteiger partial charge is 0.255 e. The van der Waals surface area contributed by atoms with Crippen molar-refractivity contribution >= 4 is 29.1 Å². The number of hydrogen-bond donors (Lipinski definition) is 2. The zero-order chi connectivity index (χ0) is 19.7. The van der Waals surface area contributed by atoms with Crippen LogP contribution in [0, 0.1) is 0 Å². The molecule has 1 aliphatic rings. The molecule has 1 aliphatic heterocycles. The Morgan fingerprint density at radius 2 is 2.07 bits per heavy atom. The molecule has 1 atom stereocenters. The molecule has 0 spiro atoms. The summed E-state index contributed by atoms with van der Waals surface area (Å²) in [5.74, 6) is 0.734. The number of ether oxygens (including phenoxy) is 1. The Morgan fingerprint density at radius 3 is 2.86 bits per heavy atom. The molecular weight excluding hydrogens is 380 g/mol. The number of amides is 1. The van der Waals surface area contributed by atoms with Gasteiger partial charge in [0.1, 0.15) is 11.8 Å². The number of anilines is 2. The summed E-state index contributed by atoms with van der Waals surface area (Å²) in [6, 6.07) is 14.0. The van der Waals surface area contributed by atoms with Crippen molar-refractivity contribution in [2.24, 2.45) is 0 Å². The van der Waals surface area contributed by atoms with Gasteiger partial charge in [-0.2, -0.15) is 4.68 Å². The van der Waals surface area contributed by atoms with E-state index in [1.807, 2.05) is 31.2 Å². The maximum atomic E-state index is 13.3. The molecule has 1 amide bonds. The van der Waals surface area contributed by atoms with Crippen LogP contribution in [-0.2, 0) is 4.79 Å². The molecule has 1 aromatic heterocycles. The highest BCUT2D eigenvalue weighted by Gasteiger charge is 2.34. The normalized spacial score (nSPS) is 15.6. The standard InChI is InChI=1S/C19H17ClN6O2/c1-11-16(18(27)22-14-8-3-4-9-15(14)28-2)17(12-6-5-7-13(20)10-12)26-19(21-11)23-24-25-26/h3-10,17H,1-2H3,(H,22,27)(H,21,23,25). The summed E-state index contributed by atoms with van der Waals surface area (Å²) < 4.78 is 6.90. The van der Waals surface area contributed by atoms with E-state index in [4.69, 9.17) is 16.3 Å². The first-order chi connectivity index (χ1) is 13.6. The van der Waals surface area contributed by atoms with Gasteiger partial charge in [0.05, 0.1) is 18.4 Å². The van der Waals surface area contributed by atoms with E-state index in [1.165, 1.54) is 0 Å². The number of methoxy groups -OCH3 is 1. The van der Waals surface area contributed by atoms with Gasteiger partial charge >= 0.3 is 0 Å². The highest BCUT2D eigenvalue weighted by molar-refractivity contribution is 6.30. The summed E-state index contributed by atoms with van der Waals surface area (Å²) in [5, 5.41) is 18.3. The minimum Gasteiger partial charge on any atom is -0.495 e. The van der Waals surface area contributed by atoms with Crippen LogP contribution in [0.3, 0.4) is 0 Å². The maximum Gasteiger partial charge on any atom is 0.255 e. The molecular formula is C19H17ClN6O2. The first-order valence-electron chi connectivity index (χ1n) is 8.54. The Labute approximate surface area is 166 Å². The average molecular weight is 397 g/mol. The number of nitrogens with zero attached hydrogens (tertiary/aromatic N) is 4. The second kappa shape index (κ2) is 7.32. The van der Waals surface area contributed by atoms with Gasteiger partial charge in [-0.25, -0.2) is 0 Å². The molecule has 8 nitrogen and oxygen atoms in total. The highest BCUT2D eigenvalue weighted by atomic mass is 35.5. The zero-order valence-electron chi connectivity index (χ0n) is 15.2. The van der Waals surface area contributed by atoms with Gasteiger partial charge in [0.25, 0.3) is 5.91 Å². The van der Waals surface area contributed by atoms with Gasteiger partial charge in [0, 0.05) is 10.7 Å². The van der Waals surface area contributed by atoms with Crippen LogP contribution in [0.25, 0.3) is 0 Å². The van der Waals surface area contributed by atoms with Gasteiger partial charge < -0.3 is 15.4 Å². The summed E-state index contributed by atoms with van der Waals surface area (Å²) in [6.07, 6.45) is 0. The van der Waals surface area contributed by atoms with E-state index in [0.717, 1.165) is 5.56 Å². The molecule has 2 aromatic carbocycles. The van der Waals surface area contributed by atoms with Crippen molar-refractivity contribution in [2.75, 3.05) is 17.7 Å². The Bertz CT molecular complexity index is 1080. The van der Waals surface area contributed by atoms with Crippen LogP contribution in [0.5, 0.6) is 5.75 Å². The minimum atomic E-state index is -0.528. The van der Waals surface area contributed by atoms with Crippen LogP contribution >= 0.6 is 11.6 Å². The van der Waals surface area contributed by atoms with Crippen molar-refractivity contribution in [3.63, 3.8) is 0 Å². The van der Waals surface area contributed by atoms with E-state index < -0.39 is 6.04 Å². The third kappa shape index (κ3) is 3.18. The lowest BCUT2D eigenvalue weighted by molar-refractivity contribution is -0.113. The molecule has 0 aliphatic carbocycles. The highest BCUT2D eigenvalue weighted by Crippen LogP contribution is 2.36. The number of aromatic nitrogens is 4. The van der Waals surface area contributed by atoms with Gasteiger partial charge in [0.2, 0.25) is 5.95 Å². The number of hydrogen-bond acceptors (Lipinski definition) is 6. The SMILES string of the molecule is COc1ccccc1NC(=O)C1=C(C)Nc2nnnn2C1c1cccc(Cl)c1. The predicted octanol–water partition coefficient (Wildman–Crippen LogP) is 3.26. The Morgan fingerprint density at radius 1 is 1.25 bits per heavy atom. The lowest BCUT2D eigenvalue weighted by Crippen LogP contribution is -2.31. The van der Waals surface area contributed by atoms with Crippen LogP contribution in [-0.4, -0.2) is 33.2 Å². The second-order valence-corrected chi connectivity index (χ2v) is 6.66. The average Bonchev–Trinajstić information content (AvgIpc) is 3.15. The van der Waals surface area contributed by atoms with Crippen LogP contribution in [0.15, 0.2) is 59.8 Å². The number of carbonyl (C=O) groups excluding carboxylic acids is 1.